The van der Waals surface area contributed by atoms with E-state index in [0.29, 0.717) is 13.1 Å². The first kappa shape index (κ1) is 17.5. The molecule has 0 bridgehead atoms. The van der Waals surface area contributed by atoms with E-state index in [4.69, 9.17) is 0 Å². The predicted molar refractivity (Wildman–Crippen MR) is 98.2 cm³/mol. The van der Waals surface area contributed by atoms with Gasteiger partial charge in [0, 0.05) is 48.0 Å². The van der Waals surface area contributed by atoms with Gasteiger partial charge >= 0.3 is 0 Å². The van der Waals surface area contributed by atoms with Gasteiger partial charge in [-0.05, 0) is 49.2 Å². The number of nitrogens with zero attached hydrogens (tertiary/aromatic N) is 3. The number of carbonyl (C=O) groups is 1. The highest BCUT2D eigenvalue weighted by molar-refractivity contribution is 5.79. The second-order valence-corrected chi connectivity index (χ2v) is 6.90. The quantitative estimate of drug-likeness (QED) is 0.706. The first-order valence-electron chi connectivity index (χ1n) is 9.02. The van der Waals surface area contributed by atoms with Crippen LogP contribution in [0.25, 0.3) is 10.9 Å². The smallest absolute Gasteiger partial charge is 0.227 e. The summed E-state index contributed by atoms with van der Waals surface area (Å²) in [7, 11) is 0. The van der Waals surface area contributed by atoms with Crippen molar-refractivity contribution in [2.45, 2.75) is 25.2 Å². The van der Waals surface area contributed by atoms with Gasteiger partial charge in [-0.3, -0.25) is 14.8 Å². The van der Waals surface area contributed by atoms with Gasteiger partial charge in [0.15, 0.2) is 0 Å². The van der Waals surface area contributed by atoms with Gasteiger partial charge in [0.05, 0.1) is 11.9 Å². The lowest BCUT2D eigenvalue weighted by Crippen LogP contribution is -2.40. The molecule has 138 valence electrons. The molecule has 0 radical (unpaired) electrons. The largest absolute Gasteiger partial charge is 0.342 e. The van der Waals surface area contributed by atoms with Crippen molar-refractivity contribution in [1.82, 2.24) is 14.9 Å². The molecular weight excluding hydrogens is 348 g/mol. The molecule has 27 heavy (non-hydrogen) atoms. The molecule has 0 aliphatic carbocycles. The SMILES string of the molecule is O=C(Cc1cc(F)ccc1F)N1CCCC(c2cc3ncccc3cn2)C1. The number of piperidine rings is 1. The lowest BCUT2D eigenvalue weighted by Gasteiger charge is -2.32. The minimum atomic E-state index is -0.555. The van der Waals surface area contributed by atoms with Gasteiger partial charge in [-0.2, -0.15) is 0 Å². The van der Waals surface area contributed by atoms with Gasteiger partial charge in [0.25, 0.3) is 0 Å². The molecule has 1 atom stereocenters. The summed E-state index contributed by atoms with van der Waals surface area (Å²) in [5.41, 5.74) is 1.89. The third kappa shape index (κ3) is 3.79. The van der Waals surface area contributed by atoms with Crippen LogP contribution in [0.15, 0.2) is 48.8 Å². The summed E-state index contributed by atoms with van der Waals surface area (Å²) in [6.07, 6.45) is 5.20. The molecule has 1 aliphatic rings. The Bertz CT molecular complexity index is 992. The summed E-state index contributed by atoms with van der Waals surface area (Å²) in [5, 5.41) is 0.978. The number of halogens is 2. The van der Waals surface area contributed by atoms with Crippen LogP contribution < -0.4 is 0 Å². The maximum atomic E-state index is 13.8. The fourth-order valence-corrected chi connectivity index (χ4v) is 3.60. The lowest BCUT2D eigenvalue weighted by atomic mass is 9.93. The molecule has 1 unspecified atom stereocenters. The monoisotopic (exact) mass is 367 g/mol. The number of rotatable bonds is 3. The first-order chi connectivity index (χ1) is 13.1. The summed E-state index contributed by atoms with van der Waals surface area (Å²) in [6.45, 7) is 1.15. The van der Waals surface area contributed by atoms with E-state index in [9.17, 15) is 13.6 Å². The van der Waals surface area contributed by atoms with Gasteiger partial charge in [-0.25, -0.2) is 8.78 Å². The number of pyridine rings is 2. The van der Waals surface area contributed by atoms with E-state index in [1.54, 1.807) is 17.3 Å². The Balaban J connectivity index is 1.50. The Labute approximate surface area is 155 Å². The maximum absolute atomic E-state index is 13.8. The van der Waals surface area contributed by atoms with Crippen molar-refractivity contribution in [3.8, 4) is 0 Å². The standard InChI is InChI=1S/C21H19F2N3O/c22-17-5-6-18(23)16(9-17)10-21(27)26-8-2-4-15(13-26)20-11-19-14(12-25-20)3-1-7-24-19/h1,3,5-7,9,11-12,15H,2,4,8,10,13H2. The van der Waals surface area contributed by atoms with Gasteiger partial charge in [-0.15, -0.1) is 0 Å². The Hall–Kier alpha value is -2.89. The van der Waals surface area contributed by atoms with E-state index in [1.165, 1.54) is 0 Å². The molecule has 3 aromatic rings. The fourth-order valence-electron chi connectivity index (χ4n) is 3.60. The average molecular weight is 367 g/mol. The first-order valence-corrected chi connectivity index (χ1v) is 9.02. The van der Waals surface area contributed by atoms with Crippen molar-refractivity contribution in [2.75, 3.05) is 13.1 Å². The number of fused-ring (bicyclic) bond motifs is 1. The normalized spacial score (nSPS) is 17.3. The number of benzene rings is 1. The maximum Gasteiger partial charge on any atom is 0.227 e. The number of carbonyl (C=O) groups excluding carboxylic acids is 1. The Morgan fingerprint density at radius 2 is 2.07 bits per heavy atom. The summed E-state index contributed by atoms with van der Waals surface area (Å²) >= 11 is 0. The number of aromatic nitrogens is 2. The van der Waals surface area contributed by atoms with Gasteiger partial charge < -0.3 is 4.90 Å². The van der Waals surface area contributed by atoms with Crippen molar-refractivity contribution >= 4 is 16.8 Å². The highest BCUT2D eigenvalue weighted by Gasteiger charge is 2.26. The third-order valence-electron chi connectivity index (χ3n) is 5.05. The van der Waals surface area contributed by atoms with Gasteiger partial charge in [-0.1, -0.05) is 0 Å². The highest BCUT2D eigenvalue weighted by atomic mass is 19.1. The lowest BCUT2D eigenvalue weighted by molar-refractivity contribution is -0.131. The van der Waals surface area contributed by atoms with Crippen LogP contribution in [-0.2, 0) is 11.2 Å². The molecule has 0 saturated carbocycles. The summed E-state index contributed by atoms with van der Waals surface area (Å²) in [5.74, 6) is -1.17. The molecule has 2 aromatic heterocycles. The topological polar surface area (TPSA) is 46.1 Å². The molecule has 1 aromatic carbocycles. The predicted octanol–water partition coefficient (Wildman–Crippen LogP) is 3.86. The van der Waals surface area contributed by atoms with Crippen molar-refractivity contribution < 1.29 is 13.6 Å². The number of amides is 1. The van der Waals surface area contributed by atoms with Crippen LogP contribution in [-0.4, -0.2) is 33.9 Å². The highest BCUT2D eigenvalue weighted by Crippen LogP contribution is 2.27. The Morgan fingerprint density at radius 3 is 2.96 bits per heavy atom. The van der Waals surface area contributed by atoms with E-state index in [-0.39, 0.29) is 23.8 Å². The zero-order chi connectivity index (χ0) is 18.8. The van der Waals surface area contributed by atoms with E-state index in [2.05, 4.69) is 9.97 Å². The second-order valence-electron chi connectivity index (χ2n) is 6.90. The average Bonchev–Trinajstić information content (AvgIpc) is 2.70. The van der Waals surface area contributed by atoms with Crippen LogP contribution in [0.4, 0.5) is 8.78 Å². The number of likely N-dealkylation sites (tertiary alicyclic amines) is 1. The van der Waals surface area contributed by atoms with Crippen LogP contribution in [0, 0.1) is 11.6 Å². The molecule has 1 amide bonds. The molecule has 0 spiro atoms. The molecule has 4 rings (SSSR count). The van der Waals surface area contributed by atoms with Crippen molar-refractivity contribution in [2.24, 2.45) is 0 Å². The summed E-state index contributed by atoms with van der Waals surface area (Å²) < 4.78 is 27.2. The van der Waals surface area contributed by atoms with Crippen LogP contribution in [0.5, 0.6) is 0 Å². The van der Waals surface area contributed by atoms with Crippen LogP contribution >= 0.6 is 0 Å². The Kier molecular flexibility index (Phi) is 4.79. The van der Waals surface area contributed by atoms with E-state index in [1.807, 2.05) is 18.2 Å². The van der Waals surface area contributed by atoms with Crippen LogP contribution in [0.2, 0.25) is 0 Å². The number of hydrogen-bond acceptors (Lipinski definition) is 3. The summed E-state index contributed by atoms with van der Waals surface area (Å²) in [6, 6.07) is 9.01. The molecule has 1 fully saturated rings. The molecule has 0 N–H and O–H groups in total. The second kappa shape index (κ2) is 7.39. The van der Waals surface area contributed by atoms with Gasteiger partial charge in [0.2, 0.25) is 5.91 Å². The molecule has 1 aliphatic heterocycles. The van der Waals surface area contributed by atoms with Crippen molar-refractivity contribution in [1.29, 1.82) is 0 Å². The zero-order valence-electron chi connectivity index (χ0n) is 14.7. The fraction of sp³-hybridized carbons (Fsp3) is 0.286. The summed E-state index contributed by atoms with van der Waals surface area (Å²) in [4.78, 5) is 23.3. The third-order valence-corrected chi connectivity index (χ3v) is 5.05. The van der Waals surface area contributed by atoms with Crippen LogP contribution in [0.3, 0.4) is 0 Å². The molecule has 4 nitrogen and oxygen atoms in total. The Morgan fingerprint density at radius 1 is 1.19 bits per heavy atom. The van der Waals surface area contributed by atoms with E-state index in [0.717, 1.165) is 47.6 Å². The number of hydrogen-bond donors (Lipinski definition) is 0. The molecule has 1 saturated heterocycles. The van der Waals surface area contributed by atoms with Crippen LogP contribution in [0.1, 0.15) is 30.0 Å². The van der Waals surface area contributed by atoms with E-state index < -0.39 is 11.6 Å². The zero-order valence-corrected chi connectivity index (χ0v) is 14.7. The minimum Gasteiger partial charge on any atom is -0.342 e. The van der Waals surface area contributed by atoms with Crippen molar-refractivity contribution in [3.63, 3.8) is 0 Å². The molecule has 3 heterocycles. The van der Waals surface area contributed by atoms with Crippen molar-refractivity contribution in [3.05, 3.63) is 71.7 Å². The molecule has 6 heteroatoms. The minimum absolute atomic E-state index is 0.0927. The van der Waals surface area contributed by atoms with E-state index >= 15 is 0 Å². The molecular formula is C21H19F2N3O. The van der Waals surface area contributed by atoms with Gasteiger partial charge in [0.1, 0.15) is 11.6 Å².